The number of aryl methyl sites for hydroxylation is 2. The van der Waals surface area contributed by atoms with Crippen LogP contribution in [0.3, 0.4) is 0 Å². The maximum atomic E-state index is 15.5. The van der Waals surface area contributed by atoms with E-state index in [9.17, 15) is 14.0 Å². The van der Waals surface area contributed by atoms with Gasteiger partial charge >= 0.3 is 0 Å². The molecule has 10 rings (SSSR count). The number of nitrogens with zero attached hydrogens (tertiary/aromatic N) is 12. The zero-order valence-electron chi connectivity index (χ0n) is 45.6. The second kappa shape index (κ2) is 23.8. The molecule has 2 saturated heterocycles. The molecule has 19 heteroatoms. The lowest BCUT2D eigenvalue weighted by Gasteiger charge is -2.38. The van der Waals surface area contributed by atoms with Gasteiger partial charge in [-0.1, -0.05) is 25.7 Å². The second-order valence-electron chi connectivity index (χ2n) is 21.6. The van der Waals surface area contributed by atoms with Crippen LogP contribution in [0.2, 0.25) is 5.28 Å². The Morgan fingerprint density at radius 3 is 1.49 bits per heavy atom. The number of nitrogen functional groups attached to an aromatic ring is 1. The molecule has 2 saturated carbocycles. The first-order valence-electron chi connectivity index (χ1n) is 26.8. The summed E-state index contributed by atoms with van der Waals surface area (Å²) in [7, 11) is 6.51. The van der Waals surface area contributed by atoms with Gasteiger partial charge in [-0.3, -0.25) is 19.4 Å². The van der Waals surface area contributed by atoms with E-state index in [0.717, 1.165) is 115 Å². The quantitative estimate of drug-likeness (QED) is 0.0992. The van der Waals surface area contributed by atoms with Gasteiger partial charge in [-0.05, 0) is 126 Å². The van der Waals surface area contributed by atoms with Gasteiger partial charge < -0.3 is 39.8 Å². The van der Waals surface area contributed by atoms with E-state index in [1.54, 1.807) is 32.8 Å². The molecule has 404 valence electrons. The average molecular weight is 1050 g/mol. The number of fused-ring (bicyclic) bond motifs is 2. The van der Waals surface area contributed by atoms with E-state index in [4.69, 9.17) is 22.3 Å². The van der Waals surface area contributed by atoms with Gasteiger partial charge in [0.05, 0.1) is 10.8 Å². The van der Waals surface area contributed by atoms with E-state index in [1.807, 2.05) is 16.7 Å². The molecule has 6 aromatic rings. The first kappa shape index (κ1) is 55.1. The number of carbonyl (C=O) groups excluding carboxylic acids is 2. The van der Waals surface area contributed by atoms with Crippen molar-refractivity contribution in [3.05, 3.63) is 88.2 Å². The Kier molecular flexibility index (Phi) is 17.5. The number of nitrogens with two attached hydrogens (primary N) is 1. The van der Waals surface area contributed by atoms with E-state index < -0.39 is 11.6 Å². The molecule has 4 aliphatic rings. The van der Waals surface area contributed by atoms with Crippen molar-refractivity contribution in [1.82, 2.24) is 48.7 Å². The highest BCUT2D eigenvalue weighted by molar-refractivity contribution is 6.28. The number of hydrogen-bond acceptors (Lipinski definition) is 12. The third kappa shape index (κ3) is 12.1. The highest BCUT2D eigenvalue weighted by Gasteiger charge is 2.33. The standard InChI is InChI=1S/C28H38FN7O.C14H16ClFN4O.C14H23N3/c1-18(2)34-12-14-35(15-13-34)23-11-10-20(16-19(23)3)31-28-30-17-22-24(29)25(27(37)33(4)5)36(26(22)32-28)21-8-6-7-9-21;1-19(2)13(21)11-10(16)9-7-17-14(15)18-12(9)20(11)8-5-3-4-6-8;1-11(2)16-6-8-17(9-7-16)14-5-4-13(15)10-12(14)3/h10-11,16-18,21H,6-9,12-15H2,1-5H3,(H,30,31,32);7-8H,3-6H2,1-2H3;4-5,10-11H,6-9,15H2,1-3H3. The minimum absolute atomic E-state index is 0.0541. The molecule has 0 bridgehead atoms. The van der Waals surface area contributed by atoms with Crippen LogP contribution >= 0.6 is 11.6 Å². The fourth-order valence-electron chi connectivity index (χ4n) is 11.2. The molecule has 2 aromatic carbocycles. The molecular formula is C56H77ClF2N14O2. The van der Waals surface area contributed by atoms with Crippen molar-refractivity contribution < 1.29 is 18.4 Å². The van der Waals surface area contributed by atoms with Crippen LogP contribution in [0.1, 0.15) is 123 Å². The van der Waals surface area contributed by atoms with E-state index in [2.05, 4.69) is 106 Å². The summed E-state index contributed by atoms with van der Waals surface area (Å²) in [6.07, 6.45) is 10.8. The summed E-state index contributed by atoms with van der Waals surface area (Å²) in [5.74, 6) is -1.42. The zero-order valence-corrected chi connectivity index (χ0v) is 46.4. The van der Waals surface area contributed by atoms with Gasteiger partial charge in [0.25, 0.3) is 11.8 Å². The monoisotopic (exact) mass is 1050 g/mol. The molecule has 4 aromatic heterocycles. The van der Waals surface area contributed by atoms with Crippen LogP contribution in [0.4, 0.5) is 37.5 Å². The summed E-state index contributed by atoms with van der Waals surface area (Å²) in [5.41, 5.74) is 13.6. The van der Waals surface area contributed by atoms with E-state index in [0.29, 0.717) is 29.3 Å². The molecule has 4 fully saturated rings. The number of rotatable bonds is 10. The molecule has 0 radical (unpaired) electrons. The van der Waals surface area contributed by atoms with Gasteiger partial charge in [-0.15, -0.1) is 0 Å². The first-order chi connectivity index (χ1) is 35.8. The van der Waals surface area contributed by atoms with E-state index in [1.165, 1.54) is 44.7 Å². The van der Waals surface area contributed by atoms with Gasteiger partial charge in [0, 0.05) is 140 Å². The van der Waals surface area contributed by atoms with Crippen molar-refractivity contribution in [1.29, 1.82) is 0 Å². The Hall–Kier alpha value is -6.11. The van der Waals surface area contributed by atoms with Gasteiger partial charge in [0.1, 0.15) is 22.7 Å². The van der Waals surface area contributed by atoms with Crippen LogP contribution < -0.4 is 20.9 Å². The first-order valence-corrected chi connectivity index (χ1v) is 27.1. The molecule has 3 N–H and O–H groups in total. The van der Waals surface area contributed by atoms with Crippen LogP contribution in [0, 0.1) is 25.5 Å². The number of hydrogen-bond donors (Lipinski definition) is 2. The molecule has 16 nitrogen and oxygen atoms in total. The van der Waals surface area contributed by atoms with Crippen LogP contribution in [0.15, 0.2) is 48.8 Å². The average Bonchev–Trinajstić information content (AvgIpc) is 4.23. The van der Waals surface area contributed by atoms with Crippen LogP contribution in [-0.2, 0) is 0 Å². The van der Waals surface area contributed by atoms with Crippen molar-refractivity contribution in [3.8, 4) is 0 Å². The Morgan fingerprint density at radius 2 is 1.07 bits per heavy atom. The number of halogens is 3. The molecule has 2 aliphatic heterocycles. The number of aromatic nitrogens is 6. The highest BCUT2D eigenvalue weighted by Crippen LogP contribution is 2.38. The fraction of sp³-hybridized carbons (Fsp3) is 0.536. The van der Waals surface area contributed by atoms with Crippen LogP contribution in [0.5, 0.6) is 0 Å². The lowest BCUT2D eigenvalue weighted by Crippen LogP contribution is -2.49. The number of piperazine rings is 2. The van der Waals surface area contributed by atoms with E-state index >= 15 is 4.39 Å². The number of nitrogens with one attached hydrogen (secondary N) is 1. The summed E-state index contributed by atoms with van der Waals surface area (Å²) in [6, 6.07) is 13.9. The normalized spacial score (nSPS) is 16.9. The largest absolute Gasteiger partial charge is 0.399 e. The lowest BCUT2D eigenvalue weighted by molar-refractivity contribution is 0.0803. The van der Waals surface area contributed by atoms with Gasteiger partial charge in [0.15, 0.2) is 11.6 Å². The summed E-state index contributed by atoms with van der Waals surface area (Å²) >= 11 is 5.85. The van der Waals surface area contributed by atoms with Gasteiger partial charge in [-0.2, -0.15) is 9.97 Å². The Morgan fingerprint density at radius 1 is 0.640 bits per heavy atom. The predicted molar refractivity (Wildman–Crippen MR) is 299 cm³/mol. The number of benzene rings is 2. The number of carbonyl (C=O) groups is 2. The smallest absolute Gasteiger partial charge is 0.273 e. The Balaban J connectivity index is 0.000000165. The zero-order chi connectivity index (χ0) is 53.8. The van der Waals surface area contributed by atoms with Crippen molar-refractivity contribution in [2.24, 2.45) is 0 Å². The third-order valence-corrected chi connectivity index (χ3v) is 15.6. The summed E-state index contributed by atoms with van der Waals surface area (Å²) < 4.78 is 33.7. The molecular weight excluding hydrogens is 974 g/mol. The molecule has 75 heavy (non-hydrogen) atoms. The molecule has 2 aliphatic carbocycles. The lowest BCUT2D eigenvalue weighted by atomic mass is 10.1. The highest BCUT2D eigenvalue weighted by atomic mass is 35.5. The van der Waals surface area contributed by atoms with Crippen molar-refractivity contribution in [3.63, 3.8) is 0 Å². The van der Waals surface area contributed by atoms with Crippen LogP contribution in [0.25, 0.3) is 22.1 Å². The number of anilines is 5. The summed E-state index contributed by atoms with van der Waals surface area (Å²) in [6.45, 7) is 22.0. The minimum atomic E-state index is -0.563. The summed E-state index contributed by atoms with van der Waals surface area (Å²) in [4.78, 5) is 55.2. The van der Waals surface area contributed by atoms with Gasteiger partial charge in [-0.25, -0.2) is 18.7 Å². The molecule has 6 heterocycles. The number of amides is 2. The molecule has 2 amide bonds. The van der Waals surface area contributed by atoms with Crippen molar-refractivity contribution in [2.75, 3.05) is 101 Å². The topological polar surface area (TPSA) is 153 Å². The van der Waals surface area contributed by atoms with Crippen molar-refractivity contribution >= 4 is 74.2 Å². The Labute approximate surface area is 446 Å². The fourth-order valence-corrected chi connectivity index (χ4v) is 11.3. The third-order valence-electron chi connectivity index (χ3n) is 15.4. The molecule has 0 atom stereocenters. The van der Waals surface area contributed by atoms with E-state index in [-0.39, 0.29) is 51.3 Å². The second-order valence-corrected chi connectivity index (χ2v) is 21.9. The maximum absolute atomic E-state index is 15.5. The predicted octanol–water partition coefficient (Wildman–Crippen LogP) is 10.1. The van der Waals surface area contributed by atoms with Crippen LogP contribution in [-0.4, -0.2) is 153 Å². The SMILES string of the molecule is CN(C)C(=O)c1c(F)c2cnc(Cl)nc2n1C1CCCC1.Cc1cc(N)ccc1N1CCN(C(C)C)CC1.Cc1cc(Nc2ncc3c(F)c(C(=O)N(C)C)n(C4CCCC4)c3n2)ccc1N1CCN(C(C)C)CC1. The Bertz CT molecular complexity index is 2960. The molecule has 0 unspecified atom stereocenters. The van der Waals surface area contributed by atoms with Gasteiger partial charge in [0.2, 0.25) is 11.2 Å². The maximum Gasteiger partial charge on any atom is 0.273 e. The molecule has 0 spiro atoms. The van der Waals surface area contributed by atoms with Crippen molar-refractivity contribution in [2.45, 2.75) is 117 Å². The summed E-state index contributed by atoms with van der Waals surface area (Å²) in [5, 5.41) is 3.90. The minimum Gasteiger partial charge on any atom is -0.399 e.